The van der Waals surface area contributed by atoms with Gasteiger partial charge >= 0.3 is 5.91 Å². The zero-order chi connectivity index (χ0) is 22.6. The number of hydroxylamine groups is 2. The number of Topliss-reactive ketones (excluding diaryl/α,β-unsaturated/α-hetero) is 1. The summed E-state index contributed by atoms with van der Waals surface area (Å²) in [5, 5.41) is 50.3. The first-order valence-corrected chi connectivity index (χ1v) is 8.71. The summed E-state index contributed by atoms with van der Waals surface area (Å²) in [5.74, 6) is -4.04. The van der Waals surface area contributed by atoms with E-state index in [1.54, 1.807) is 12.1 Å². The third kappa shape index (κ3) is 4.56. The summed E-state index contributed by atoms with van der Waals surface area (Å²) in [4.78, 5) is 24.1. The summed E-state index contributed by atoms with van der Waals surface area (Å²) in [5.41, 5.74) is -2.04. The van der Waals surface area contributed by atoms with Gasteiger partial charge < -0.3 is 29.9 Å². The van der Waals surface area contributed by atoms with E-state index in [0.717, 1.165) is 19.2 Å². The molecule has 1 atom stereocenters. The van der Waals surface area contributed by atoms with Gasteiger partial charge in [0.15, 0.2) is 23.0 Å². The lowest BCUT2D eigenvalue weighted by Crippen LogP contribution is -2.38. The van der Waals surface area contributed by atoms with Gasteiger partial charge in [0, 0.05) is 25.5 Å². The van der Waals surface area contributed by atoms with Crippen LogP contribution in [0.25, 0.3) is 0 Å². The van der Waals surface area contributed by atoms with E-state index in [1.807, 2.05) is 0 Å². The van der Waals surface area contributed by atoms with Crippen LogP contribution in [-0.4, -0.2) is 63.7 Å². The van der Waals surface area contributed by atoms with E-state index in [-0.39, 0.29) is 17.0 Å². The van der Waals surface area contributed by atoms with Crippen LogP contribution >= 0.6 is 0 Å². The molecule has 0 aromatic heterocycles. The van der Waals surface area contributed by atoms with E-state index >= 15 is 0 Å². The van der Waals surface area contributed by atoms with Crippen molar-refractivity contribution in [3.63, 3.8) is 0 Å². The van der Waals surface area contributed by atoms with Crippen molar-refractivity contribution in [2.75, 3.05) is 21.3 Å². The average molecular weight is 421 g/mol. The molecule has 2 rings (SSSR count). The number of ether oxygens (including phenoxy) is 2. The highest BCUT2D eigenvalue weighted by atomic mass is 16.5. The molecule has 0 heterocycles. The number of ketones is 1. The number of hydrogen-bond donors (Lipinski definition) is 5. The lowest BCUT2D eigenvalue weighted by molar-refractivity contribution is -0.167. The van der Waals surface area contributed by atoms with E-state index in [0.29, 0.717) is 17.1 Å². The van der Waals surface area contributed by atoms with Crippen molar-refractivity contribution in [3.05, 3.63) is 41.5 Å². The lowest BCUT2D eigenvalue weighted by Gasteiger charge is -2.29. The van der Waals surface area contributed by atoms with E-state index in [9.17, 15) is 35.2 Å². The van der Waals surface area contributed by atoms with E-state index in [2.05, 4.69) is 0 Å². The van der Waals surface area contributed by atoms with Crippen LogP contribution in [0.2, 0.25) is 0 Å². The quantitative estimate of drug-likeness (QED) is 0.182. The number of carbonyl (C=O) groups excluding carboxylic acids is 2. The van der Waals surface area contributed by atoms with Crippen molar-refractivity contribution >= 4 is 11.7 Å². The smallest absolute Gasteiger partial charge is 0.313 e. The third-order valence-electron chi connectivity index (χ3n) is 4.56. The van der Waals surface area contributed by atoms with Gasteiger partial charge in [-0.05, 0) is 29.8 Å². The summed E-state index contributed by atoms with van der Waals surface area (Å²) in [7, 11) is 3.81. The minimum absolute atomic E-state index is 0.0767. The second-order valence-corrected chi connectivity index (χ2v) is 6.66. The van der Waals surface area contributed by atoms with E-state index < -0.39 is 41.0 Å². The Labute approximate surface area is 172 Å². The average Bonchev–Trinajstić information content (AvgIpc) is 2.70. The summed E-state index contributed by atoms with van der Waals surface area (Å²) in [6.45, 7) is 0. The fraction of sp³-hybridized carbons (Fsp3) is 0.300. The van der Waals surface area contributed by atoms with Gasteiger partial charge in [-0.15, -0.1) is 0 Å². The monoisotopic (exact) mass is 421 g/mol. The molecule has 0 fully saturated rings. The molecule has 0 spiro atoms. The molecule has 30 heavy (non-hydrogen) atoms. The van der Waals surface area contributed by atoms with Gasteiger partial charge in [-0.25, -0.2) is 5.06 Å². The molecule has 1 unspecified atom stereocenters. The van der Waals surface area contributed by atoms with Gasteiger partial charge in [0.1, 0.15) is 5.60 Å². The zero-order valence-electron chi connectivity index (χ0n) is 16.6. The van der Waals surface area contributed by atoms with Crippen molar-refractivity contribution in [2.45, 2.75) is 18.4 Å². The standard InChI is InChI=1S/C20H23NO9/c1-21(28)19(26)14(23)10-20(27,12-5-6-13(22)18(25)17(12)24)9-11-4-7-15(29-2)16(8-11)30-3/h4-8,22,24-25,27-28H,9-10H2,1-3H3. The molecule has 162 valence electrons. The second-order valence-electron chi connectivity index (χ2n) is 6.66. The fourth-order valence-corrected chi connectivity index (χ4v) is 3.05. The highest BCUT2D eigenvalue weighted by Crippen LogP contribution is 2.44. The molecule has 0 bridgehead atoms. The maximum Gasteiger partial charge on any atom is 0.313 e. The fourth-order valence-electron chi connectivity index (χ4n) is 3.05. The number of rotatable bonds is 8. The first-order valence-electron chi connectivity index (χ1n) is 8.71. The van der Waals surface area contributed by atoms with Gasteiger partial charge in [-0.2, -0.15) is 0 Å². The Balaban J connectivity index is 2.55. The molecule has 1 amide bonds. The van der Waals surface area contributed by atoms with Crippen molar-refractivity contribution in [2.24, 2.45) is 0 Å². The molecular weight excluding hydrogens is 398 g/mol. The number of benzene rings is 2. The molecule has 0 saturated heterocycles. The van der Waals surface area contributed by atoms with Crippen LogP contribution in [0.5, 0.6) is 28.7 Å². The van der Waals surface area contributed by atoms with Crippen LogP contribution in [-0.2, 0) is 21.6 Å². The van der Waals surface area contributed by atoms with Gasteiger partial charge in [0.25, 0.3) is 0 Å². The van der Waals surface area contributed by atoms with Crippen molar-refractivity contribution in [3.8, 4) is 28.7 Å². The minimum atomic E-state index is -2.18. The zero-order valence-corrected chi connectivity index (χ0v) is 16.6. The van der Waals surface area contributed by atoms with E-state index in [1.165, 1.54) is 20.3 Å². The molecule has 0 aliphatic rings. The predicted octanol–water partition coefficient (Wildman–Crippen LogP) is 1.06. The Bertz CT molecular complexity index is 958. The molecular formula is C20H23NO9. The first kappa shape index (κ1) is 22.8. The Morgan fingerprint density at radius 3 is 2.20 bits per heavy atom. The number of amides is 1. The van der Waals surface area contributed by atoms with Crippen LogP contribution in [0.3, 0.4) is 0 Å². The molecule has 0 aliphatic heterocycles. The Kier molecular flexibility index (Phi) is 6.75. The Morgan fingerprint density at radius 1 is 1.00 bits per heavy atom. The SMILES string of the molecule is COc1ccc(CC(O)(CC(=O)C(=O)N(C)O)c2ccc(O)c(O)c2O)cc1OC. The number of phenolic OH excluding ortho intramolecular Hbond substituents is 3. The Hall–Kier alpha value is -3.50. The predicted molar refractivity (Wildman–Crippen MR) is 103 cm³/mol. The summed E-state index contributed by atoms with van der Waals surface area (Å²) in [6.07, 6.45) is -1.12. The summed E-state index contributed by atoms with van der Waals surface area (Å²) >= 11 is 0. The third-order valence-corrected chi connectivity index (χ3v) is 4.56. The van der Waals surface area contributed by atoms with Gasteiger partial charge in [0.05, 0.1) is 14.2 Å². The normalized spacial score (nSPS) is 12.7. The van der Waals surface area contributed by atoms with Gasteiger partial charge in [0.2, 0.25) is 11.5 Å². The molecule has 5 N–H and O–H groups in total. The molecule has 10 heteroatoms. The highest BCUT2D eigenvalue weighted by Gasteiger charge is 2.38. The molecule has 0 saturated carbocycles. The maximum atomic E-state index is 12.3. The number of likely N-dealkylation sites (N-methyl/N-ethyl adjacent to an activating group) is 1. The first-order chi connectivity index (χ1) is 14.0. The number of hydrogen-bond acceptors (Lipinski definition) is 9. The van der Waals surface area contributed by atoms with Gasteiger partial charge in [-0.1, -0.05) is 6.07 Å². The number of nitrogens with zero attached hydrogens (tertiary/aromatic N) is 1. The molecule has 0 radical (unpaired) electrons. The van der Waals surface area contributed by atoms with Crippen LogP contribution in [0.15, 0.2) is 30.3 Å². The van der Waals surface area contributed by atoms with Crippen molar-refractivity contribution in [1.82, 2.24) is 5.06 Å². The number of carbonyl (C=O) groups is 2. The van der Waals surface area contributed by atoms with Crippen LogP contribution in [0.4, 0.5) is 0 Å². The summed E-state index contributed by atoms with van der Waals surface area (Å²) in [6, 6.07) is 6.82. The van der Waals surface area contributed by atoms with Crippen molar-refractivity contribution < 1.29 is 44.7 Å². The maximum absolute atomic E-state index is 12.3. The number of phenols is 3. The second kappa shape index (κ2) is 8.89. The summed E-state index contributed by atoms with van der Waals surface area (Å²) < 4.78 is 10.4. The lowest BCUT2D eigenvalue weighted by atomic mass is 9.82. The number of methoxy groups -OCH3 is 2. The molecule has 2 aromatic rings. The van der Waals surface area contributed by atoms with Gasteiger partial charge in [-0.3, -0.25) is 14.8 Å². The minimum Gasteiger partial charge on any atom is -0.504 e. The van der Waals surface area contributed by atoms with Crippen LogP contribution in [0.1, 0.15) is 17.5 Å². The van der Waals surface area contributed by atoms with E-state index in [4.69, 9.17) is 9.47 Å². The molecule has 2 aromatic carbocycles. The number of aliphatic hydroxyl groups is 1. The Morgan fingerprint density at radius 2 is 1.63 bits per heavy atom. The van der Waals surface area contributed by atoms with Crippen LogP contribution < -0.4 is 9.47 Å². The van der Waals surface area contributed by atoms with Crippen LogP contribution in [0, 0.1) is 0 Å². The topological polar surface area (TPSA) is 157 Å². The molecule has 0 aliphatic carbocycles. The van der Waals surface area contributed by atoms with Crippen molar-refractivity contribution in [1.29, 1.82) is 0 Å². The molecule has 10 nitrogen and oxygen atoms in total. The highest BCUT2D eigenvalue weighted by molar-refractivity contribution is 6.35. The largest absolute Gasteiger partial charge is 0.504 e. The number of aromatic hydroxyl groups is 3.